The summed E-state index contributed by atoms with van der Waals surface area (Å²) >= 11 is 6.19. The largest absolute Gasteiger partial charge is 0.378 e. The number of carbonyl (C=O) groups excluding carboxylic acids is 2. The maximum absolute atomic E-state index is 12.9. The maximum atomic E-state index is 12.9. The predicted octanol–water partition coefficient (Wildman–Crippen LogP) is 3.75. The van der Waals surface area contributed by atoms with Crippen LogP contribution in [-0.4, -0.2) is 43.1 Å². The Labute approximate surface area is 204 Å². The Bertz CT molecular complexity index is 1120. The third-order valence-corrected chi connectivity index (χ3v) is 6.00. The van der Waals surface area contributed by atoms with Gasteiger partial charge in [-0.15, -0.1) is 0 Å². The quantitative estimate of drug-likeness (QED) is 0.515. The van der Waals surface area contributed by atoms with Crippen molar-refractivity contribution in [3.8, 4) is 0 Å². The Kier molecular flexibility index (Phi) is 8.12. The SMILES string of the molecule is O=C(CC(NC(=O)c1ccccc1Cl)c1ccccc1)NCc1cccnc1N1CCOCC1. The molecule has 1 saturated heterocycles. The van der Waals surface area contributed by atoms with Crippen molar-refractivity contribution in [2.45, 2.75) is 19.0 Å². The molecule has 0 saturated carbocycles. The summed E-state index contributed by atoms with van der Waals surface area (Å²) in [6.45, 7) is 3.20. The van der Waals surface area contributed by atoms with Gasteiger partial charge in [-0.25, -0.2) is 4.98 Å². The fraction of sp³-hybridized carbons (Fsp3) is 0.269. The van der Waals surface area contributed by atoms with Crippen molar-refractivity contribution in [3.05, 3.63) is 94.6 Å². The number of carbonyl (C=O) groups is 2. The van der Waals surface area contributed by atoms with E-state index >= 15 is 0 Å². The number of amides is 2. The van der Waals surface area contributed by atoms with Crippen LogP contribution in [0.25, 0.3) is 0 Å². The summed E-state index contributed by atoms with van der Waals surface area (Å²) in [6, 6.07) is 19.6. The van der Waals surface area contributed by atoms with E-state index in [4.69, 9.17) is 16.3 Å². The number of pyridine rings is 1. The van der Waals surface area contributed by atoms with Gasteiger partial charge in [-0.3, -0.25) is 9.59 Å². The molecule has 2 amide bonds. The van der Waals surface area contributed by atoms with Gasteiger partial charge in [0.05, 0.1) is 36.3 Å². The molecular formula is C26H27ClN4O3. The summed E-state index contributed by atoms with van der Waals surface area (Å²) in [6.07, 6.45) is 1.85. The van der Waals surface area contributed by atoms with Gasteiger partial charge < -0.3 is 20.3 Å². The van der Waals surface area contributed by atoms with Crippen molar-refractivity contribution in [3.63, 3.8) is 0 Å². The van der Waals surface area contributed by atoms with Crippen LogP contribution >= 0.6 is 11.6 Å². The number of ether oxygens (including phenoxy) is 1. The topological polar surface area (TPSA) is 83.6 Å². The van der Waals surface area contributed by atoms with Gasteiger partial charge in [0.25, 0.3) is 5.91 Å². The van der Waals surface area contributed by atoms with Crippen LogP contribution in [0.1, 0.15) is 33.9 Å². The van der Waals surface area contributed by atoms with Crippen molar-refractivity contribution in [1.82, 2.24) is 15.6 Å². The number of nitrogens with one attached hydrogen (secondary N) is 2. The first-order chi connectivity index (χ1) is 16.6. The normalized spacial score (nSPS) is 14.3. The Hall–Kier alpha value is -3.42. The number of halogens is 1. The minimum absolute atomic E-state index is 0.0906. The predicted molar refractivity (Wildman–Crippen MR) is 132 cm³/mol. The van der Waals surface area contributed by atoms with Crippen molar-refractivity contribution in [2.75, 3.05) is 31.2 Å². The van der Waals surface area contributed by atoms with Crippen LogP contribution in [0, 0.1) is 0 Å². The molecule has 2 heterocycles. The van der Waals surface area contributed by atoms with E-state index in [0.717, 1.165) is 30.0 Å². The zero-order valence-corrected chi connectivity index (χ0v) is 19.5. The van der Waals surface area contributed by atoms with Gasteiger partial charge in [0.2, 0.25) is 5.91 Å². The summed E-state index contributed by atoms with van der Waals surface area (Å²) in [4.78, 5) is 32.5. The van der Waals surface area contributed by atoms with Crippen LogP contribution in [-0.2, 0) is 16.1 Å². The second kappa shape index (κ2) is 11.6. The molecule has 0 radical (unpaired) electrons. The van der Waals surface area contributed by atoms with E-state index in [1.807, 2.05) is 42.5 Å². The van der Waals surface area contributed by atoms with E-state index in [9.17, 15) is 9.59 Å². The molecule has 0 spiro atoms. The molecule has 3 aromatic rings. The van der Waals surface area contributed by atoms with Gasteiger partial charge in [-0.1, -0.05) is 60.1 Å². The lowest BCUT2D eigenvalue weighted by atomic mass is 10.0. The number of benzene rings is 2. The standard InChI is InChI=1S/C26H27ClN4O3/c27-22-11-5-4-10-21(22)26(33)30-23(19-7-2-1-3-8-19)17-24(32)29-18-20-9-6-12-28-25(20)31-13-15-34-16-14-31/h1-12,23H,13-18H2,(H,29,32)(H,30,33). The van der Waals surface area contributed by atoms with Gasteiger partial charge in [-0.05, 0) is 23.8 Å². The number of aromatic nitrogens is 1. The highest BCUT2D eigenvalue weighted by atomic mass is 35.5. The number of anilines is 1. The van der Waals surface area contributed by atoms with Crippen molar-refractivity contribution in [1.29, 1.82) is 0 Å². The molecule has 1 fully saturated rings. The molecule has 0 bridgehead atoms. The zero-order valence-electron chi connectivity index (χ0n) is 18.7. The summed E-state index contributed by atoms with van der Waals surface area (Å²) in [5.41, 5.74) is 2.15. The fourth-order valence-corrected chi connectivity index (χ4v) is 4.12. The van der Waals surface area contributed by atoms with Crippen LogP contribution < -0.4 is 15.5 Å². The molecule has 34 heavy (non-hydrogen) atoms. The molecular weight excluding hydrogens is 452 g/mol. The minimum atomic E-state index is -0.502. The molecule has 2 aromatic carbocycles. The van der Waals surface area contributed by atoms with Gasteiger partial charge >= 0.3 is 0 Å². The Morgan fingerprint density at radius 2 is 1.74 bits per heavy atom. The second-order valence-corrected chi connectivity index (χ2v) is 8.39. The van der Waals surface area contributed by atoms with E-state index in [0.29, 0.717) is 30.3 Å². The van der Waals surface area contributed by atoms with Crippen molar-refractivity contribution >= 4 is 29.2 Å². The molecule has 8 heteroatoms. The molecule has 176 valence electrons. The highest BCUT2D eigenvalue weighted by Crippen LogP contribution is 2.21. The van der Waals surface area contributed by atoms with Gasteiger partial charge in [0.1, 0.15) is 5.82 Å². The fourth-order valence-electron chi connectivity index (χ4n) is 3.90. The Morgan fingerprint density at radius 3 is 2.50 bits per heavy atom. The molecule has 1 aliphatic heterocycles. The minimum Gasteiger partial charge on any atom is -0.378 e. The molecule has 7 nitrogen and oxygen atoms in total. The number of rotatable bonds is 8. The molecule has 1 atom stereocenters. The van der Waals surface area contributed by atoms with Gasteiger partial charge in [0.15, 0.2) is 0 Å². The highest BCUT2D eigenvalue weighted by Gasteiger charge is 2.21. The average Bonchev–Trinajstić information content (AvgIpc) is 2.88. The zero-order chi connectivity index (χ0) is 23.8. The first-order valence-electron chi connectivity index (χ1n) is 11.3. The van der Waals surface area contributed by atoms with Crippen LogP contribution in [0.3, 0.4) is 0 Å². The van der Waals surface area contributed by atoms with Crippen molar-refractivity contribution in [2.24, 2.45) is 0 Å². The van der Waals surface area contributed by atoms with E-state index in [-0.39, 0.29) is 18.2 Å². The lowest BCUT2D eigenvalue weighted by molar-refractivity contribution is -0.121. The molecule has 1 aromatic heterocycles. The van der Waals surface area contributed by atoms with Crippen LogP contribution in [0.4, 0.5) is 5.82 Å². The molecule has 4 rings (SSSR count). The summed E-state index contributed by atoms with van der Waals surface area (Å²) in [7, 11) is 0. The van der Waals surface area contributed by atoms with E-state index in [1.54, 1.807) is 30.5 Å². The Balaban J connectivity index is 1.43. The van der Waals surface area contributed by atoms with Crippen LogP contribution in [0.5, 0.6) is 0 Å². The second-order valence-electron chi connectivity index (χ2n) is 7.98. The van der Waals surface area contributed by atoms with E-state index in [2.05, 4.69) is 20.5 Å². The molecule has 2 N–H and O–H groups in total. The summed E-state index contributed by atoms with van der Waals surface area (Å²) < 4.78 is 5.43. The molecule has 1 aliphatic rings. The highest BCUT2D eigenvalue weighted by molar-refractivity contribution is 6.33. The van der Waals surface area contributed by atoms with Crippen molar-refractivity contribution < 1.29 is 14.3 Å². The molecule has 1 unspecified atom stereocenters. The summed E-state index contributed by atoms with van der Waals surface area (Å²) in [5, 5.41) is 6.32. The number of nitrogens with zero attached hydrogens (tertiary/aromatic N) is 2. The third kappa shape index (κ3) is 6.12. The monoisotopic (exact) mass is 478 g/mol. The Morgan fingerprint density at radius 1 is 1.00 bits per heavy atom. The first-order valence-corrected chi connectivity index (χ1v) is 11.6. The average molecular weight is 479 g/mol. The molecule has 0 aliphatic carbocycles. The van der Waals surface area contributed by atoms with Crippen LogP contribution in [0.15, 0.2) is 72.9 Å². The van der Waals surface area contributed by atoms with Crippen LogP contribution in [0.2, 0.25) is 5.02 Å². The summed E-state index contributed by atoms with van der Waals surface area (Å²) in [5.74, 6) is 0.358. The lowest BCUT2D eigenvalue weighted by Crippen LogP contribution is -2.38. The number of hydrogen-bond acceptors (Lipinski definition) is 5. The van der Waals surface area contributed by atoms with E-state index < -0.39 is 6.04 Å². The number of hydrogen-bond donors (Lipinski definition) is 2. The van der Waals surface area contributed by atoms with Gasteiger partial charge in [0, 0.05) is 31.4 Å². The van der Waals surface area contributed by atoms with E-state index in [1.165, 1.54) is 0 Å². The smallest absolute Gasteiger partial charge is 0.253 e. The first kappa shape index (κ1) is 23.7. The lowest BCUT2D eigenvalue weighted by Gasteiger charge is -2.29. The number of morpholine rings is 1. The third-order valence-electron chi connectivity index (χ3n) is 5.67. The van der Waals surface area contributed by atoms with Gasteiger partial charge in [-0.2, -0.15) is 0 Å². The maximum Gasteiger partial charge on any atom is 0.253 e.